The van der Waals surface area contributed by atoms with Crippen LogP contribution in [0.2, 0.25) is 0 Å². The van der Waals surface area contributed by atoms with Crippen LogP contribution in [0.3, 0.4) is 0 Å². The minimum atomic E-state index is -0.830. The first-order valence-corrected chi connectivity index (χ1v) is 13.9. The summed E-state index contributed by atoms with van der Waals surface area (Å²) < 4.78 is 5.74. The number of aliphatic hydroxyl groups excluding tert-OH is 2. The second-order valence-corrected chi connectivity index (χ2v) is 14.7. The lowest BCUT2D eigenvalue weighted by Gasteiger charge is -2.63. The molecular formula is C30H48O4. The van der Waals surface area contributed by atoms with Crippen LogP contribution in [0.4, 0.5) is 0 Å². The van der Waals surface area contributed by atoms with Gasteiger partial charge in [0.1, 0.15) is 12.2 Å². The molecule has 1 heterocycles. The predicted molar refractivity (Wildman–Crippen MR) is 134 cm³/mol. The quantitative estimate of drug-likeness (QED) is 0.407. The van der Waals surface area contributed by atoms with Gasteiger partial charge in [-0.1, -0.05) is 53.2 Å². The zero-order valence-electron chi connectivity index (χ0n) is 22.8. The molecule has 0 radical (unpaired) electrons. The summed E-state index contributed by atoms with van der Waals surface area (Å²) in [4.78, 5) is 12.9. The standard InChI is InChI=1S/C30H48O4/c1-17(15-21(31)25-27(4,5)34-25)18-11-13-30(8)20-9-10-23-26(2,3)24(33)22(32)16-28(23,6)19(20)12-14-29(18,30)7/h9,17-19,21-23,25,31-32H,10-16H2,1-8H3/t17?,18-,19?,21+,22+,23-,25-,28+,29-,30+/m0/s1. The van der Waals surface area contributed by atoms with E-state index in [1.54, 1.807) is 5.57 Å². The van der Waals surface area contributed by atoms with Crippen molar-refractivity contribution < 1.29 is 19.7 Å². The van der Waals surface area contributed by atoms with Gasteiger partial charge in [-0.05, 0) is 98.7 Å². The molecule has 0 amide bonds. The van der Waals surface area contributed by atoms with Crippen LogP contribution in [0.25, 0.3) is 0 Å². The van der Waals surface area contributed by atoms with Crippen molar-refractivity contribution in [3.8, 4) is 0 Å². The van der Waals surface area contributed by atoms with Gasteiger partial charge in [-0.2, -0.15) is 0 Å². The monoisotopic (exact) mass is 472 g/mol. The molecule has 2 N–H and O–H groups in total. The number of carbonyl (C=O) groups excluding carboxylic acids is 1. The number of hydrogen-bond donors (Lipinski definition) is 2. The Bertz CT molecular complexity index is 903. The zero-order valence-corrected chi connectivity index (χ0v) is 22.8. The number of aliphatic hydroxyl groups is 2. The number of hydrogen-bond acceptors (Lipinski definition) is 4. The lowest BCUT2D eigenvalue weighted by Crippen LogP contribution is -2.60. The fourth-order valence-corrected chi connectivity index (χ4v) is 10.1. The van der Waals surface area contributed by atoms with E-state index < -0.39 is 11.5 Å². The van der Waals surface area contributed by atoms with Gasteiger partial charge in [0.2, 0.25) is 0 Å². The van der Waals surface area contributed by atoms with E-state index in [1.807, 2.05) is 0 Å². The summed E-state index contributed by atoms with van der Waals surface area (Å²) in [6, 6.07) is 0. The third-order valence-corrected chi connectivity index (χ3v) is 12.3. The van der Waals surface area contributed by atoms with Crippen molar-refractivity contribution in [3.63, 3.8) is 0 Å². The van der Waals surface area contributed by atoms with Crippen molar-refractivity contribution in [2.24, 2.45) is 45.3 Å². The van der Waals surface area contributed by atoms with Gasteiger partial charge in [0.05, 0.1) is 11.7 Å². The molecule has 4 heteroatoms. The van der Waals surface area contributed by atoms with Crippen LogP contribution in [-0.2, 0) is 9.53 Å². The molecule has 0 aromatic carbocycles. The van der Waals surface area contributed by atoms with E-state index in [0.717, 1.165) is 19.3 Å². The Kier molecular flexibility index (Phi) is 5.44. The fourth-order valence-electron chi connectivity index (χ4n) is 10.1. The molecule has 0 aromatic heterocycles. The minimum Gasteiger partial charge on any atom is -0.390 e. The van der Waals surface area contributed by atoms with Crippen molar-refractivity contribution in [1.82, 2.24) is 0 Å². The minimum absolute atomic E-state index is 0.0204. The normalized spacial score (nSPS) is 50.5. The molecule has 5 aliphatic rings. The van der Waals surface area contributed by atoms with Gasteiger partial charge in [0.25, 0.3) is 0 Å². The van der Waals surface area contributed by atoms with Crippen LogP contribution in [0, 0.1) is 45.3 Å². The number of ether oxygens (including phenoxy) is 1. The van der Waals surface area contributed by atoms with Crippen molar-refractivity contribution >= 4 is 5.78 Å². The number of allylic oxidation sites excluding steroid dienone is 2. The first-order chi connectivity index (χ1) is 15.6. The highest BCUT2D eigenvalue weighted by Crippen LogP contribution is 2.73. The van der Waals surface area contributed by atoms with E-state index in [0.29, 0.717) is 30.1 Å². The summed E-state index contributed by atoms with van der Waals surface area (Å²) in [5.41, 5.74) is 1.32. The topological polar surface area (TPSA) is 70.1 Å². The van der Waals surface area contributed by atoms with Gasteiger partial charge in [0, 0.05) is 5.41 Å². The molecule has 5 rings (SSSR count). The molecule has 3 saturated carbocycles. The Morgan fingerprint density at radius 2 is 1.74 bits per heavy atom. The van der Waals surface area contributed by atoms with Gasteiger partial charge in [0.15, 0.2) is 5.78 Å². The molecule has 0 spiro atoms. The van der Waals surface area contributed by atoms with Gasteiger partial charge in [-0.3, -0.25) is 4.79 Å². The highest BCUT2D eigenvalue weighted by atomic mass is 16.6. The average molecular weight is 473 g/mol. The van der Waals surface area contributed by atoms with E-state index in [2.05, 4.69) is 61.5 Å². The summed E-state index contributed by atoms with van der Waals surface area (Å²) in [7, 11) is 0. The number of carbonyl (C=O) groups is 1. The van der Waals surface area contributed by atoms with Gasteiger partial charge >= 0.3 is 0 Å². The van der Waals surface area contributed by atoms with Gasteiger partial charge in [-0.25, -0.2) is 0 Å². The molecule has 1 aliphatic heterocycles. The average Bonchev–Trinajstić information content (AvgIpc) is 3.27. The third kappa shape index (κ3) is 3.16. The second-order valence-electron chi connectivity index (χ2n) is 14.7. The Morgan fingerprint density at radius 1 is 1.09 bits per heavy atom. The summed E-state index contributed by atoms with van der Waals surface area (Å²) in [6.07, 6.45) is 8.43. The highest BCUT2D eigenvalue weighted by molar-refractivity contribution is 5.89. The third-order valence-electron chi connectivity index (χ3n) is 12.3. The summed E-state index contributed by atoms with van der Waals surface area (Å²) in [5.74, 6) is 1.84. The first-order valence-electron chi connectivity index (χ1n) is 13.9. The fraction of sp³-hybridized carbons (Fsp3) is 0.900. The highest BCUT2D eigenvalue weighted by Gasteiger charge is 2.66. The molecule has 4 fully saturated rings. The Labute approximate surface area is 206 Å². The van der Waals surface area contributed by atoms with E-state index >= 15 is 0 Å². The molecule has 4 nitrogen and oxygen atoms in total. The largest absolute Gasteiger partial charge is 0.390 e. The lowest BCUT2D eigenvalue weighted by atomic mass is 9.41. The van der Waals surface area contributed by atoms with Crippen LogP contribution in [0.5, 0.6) is 0 Å². The molecule has 10 atom stereocenters. The van der Waals surface area contributed by atoms with Crippen molar-refractivity contribution in [3.05, 3.63) is 11.6 Å². The number of ketones is 1. The van der Waals surface area contributed by atoms with Crippen molar-refractivity contribution in [1.29, 1.82) is 0 Å². The number of fused-ring (bicyclic) bond motifs is 5. The molecule has 34 heavy (non-hydrogen) atoms. The molecule has 2 unspecified atom stereocenters. The van der Waals surface area contributed by atoms with Crippen LogP contribution in [-0.4, -0.2) is 39.9 Å². The zero-order chi connectivity index (χ0) is 25.1. The maximum absolute atomic E-state index is 12.9. The summed E-state index contributed by atoms with van der Waals surface area (Å²) in [5, 5.41) is 21.7. The number of epoxide rings is 1. The van der Waals surface area contributed by atoms with Crippen LogP contribution < -0.4 is 0 Å². The Balaban J connectivity index is 1.42. The number of rotatable bonds is 4. The summed E-state index contributed by atoms with van der Waals surface area (Å²) >= 11 is 0. The molecular weight excluding hydrogens is 424 g/mol. The maximum atomic E-state index is 12.9. The predicted octanol–water partition coefficient (Wildman–Crippen LogP) is 5.70. The van der Waals surface area contributed by atoms with Crippen LogP contribution in [0.1, 0.15) is 100 Å². The summed E-state index contributed by atoms with van der Waals surface area (Å²) in [6.45, 7) is 18.0. The van der Waals surface area contributed by atoms with E-state index in [-0.39, 0.29) is 39.8 Å². The lowest BCUT2D eigenvalue weighted by molar-refractivity contribution is -0.162. The van der Waals surface area contributed by atoms with Crippen molar-refractivity contribution in [2.45, 2.75) is 124 Å². The van der Waals surface area contributed by atoms with Crippen LogP contribution in [0.15, 0.2) is 11.6 Å². The van der Waals surface area contributed by atoms with E-state index in [4.69, 9.17) is 4.74 Å². The molecule has 4 aliphatic carbocycles. The second kappa shape index (κ2) is 7.42. The Morgan fingerprint density at radius 3 is 2.35 bits per heavy atom. The maximum Gasteiger partial charge on any atom is 0.167 e. The first kappa shape index (κ1) is 25.0. The SMILES string of the molecule is CC(C[C@@H](O)[C@@H]1OC1(C)C)[C@@H]1CC[C@]2(C)C3=CC[C@H]4C(C)(C)C(=O)[C@H](O)C[C@]4(C)C3CC[C@@]12C. The smallest absolute Gasteiger partial charge is 0.167 e. The van der Waals surface area contributed by atoms with Crippen molar-refractivity contribution in [2.75, 3.05) is 0 Å². The molecule has 192 valence electrons. The van der Waals surface area contributed by atoms with E-state index in [1.165, 1.54) is 19.3 Å². The molecule has 0 bridgehead atoms. The van der Waals surface area contributed by atoms with Gasteiger partial charge < -0.3 is 14.9 Å². The molecule has 1 saturated heterocycles. The van der Waals surface area contributed by atoms with E-state index in [9.17, 15) is 15.0 Å². The van der Waals surface area contributed by atoms with Crippen LogP contribution >= 0.6 is 0 Å². The number of Topliss-reactive ketones (excluding diaryl/α,β-unsaturated/α-hetero) is 1. The van der Waals surface area contributed by atoms with Gasteiger partial charge in [-0.15, -0.1) is 0 Å². The Hall–Kier alpha value is -0.710. The molecule has 0 aromatic rings.